The molecular weight excluding hydrogens is 352 g/mol. The van der Waals surface area contributed by atoms with Crippen LogP contribution in [0.25, 0.3) is 0 Å². The third-order valence-electron chi connectivity index (χ3n) is 3.67. The molecule has 1 aliphatic carbocycles. The van der Waals surface area contributed by atoms with E-state index in [9.17, 15) is 23.1 Å². The first-order chi connectivity index (χ1) is 11.6. The number of benzene rings is 1. The zero-order valence-corrected chi connectivity index (χ0v) is 14.6. The molecule has 1 aliphatic rings. The third kappa shape index (κ3) is 4.68. The molecule has 1 unspecified atom stereocenters. The van der Waals surface area contributed by atoms with Crippen molar-refractivity contribution in [2.24, 2.45) is 0 Å². The number of methoxy groups -OCH3 is 1. The van der Waals surface area contributed by atoms with Gasteiger partial charge in [0.2, 0.25) is 10.0 Å². The molecule has 138 valence electrons. The van der Waals surface area contributed by atoms with Crippen LogP contribution in [-0.2, 0) is 14.8 Å². The number of carbonyl (C=O) groups excluding carboxylic acids is 1. The van der Waals surface area contributed by atoms with Gasteiger partial charge in [0.1, 0.15) is 10.6 Å². The number of ether oxygens (including phenoxy) is 1. The van der Waals surface area contributed by atoms with Gasteiger partial charge in [-0.1, -0.05) is 0 Å². The molecular formula is C15H20N2O7S. The summed E-state index contributed by atoms with van der Waals surface area (Å²) in [6, 6.07) is 3.72. The summed E-state index contributed by atoms with van der Waals surface area (Å²) in [4.78, 5) is 22.8. The molecule has 1 fully saturated rings. The fourth-order valence-corrected chi connectivity index (χ4v) is 3.44. The molecule has 4 N–H and O–H groups in total. The third-order valence-corrected chi connectivity index (χ3v) is 5.21. The molecule has 1 atom stereocenters. The van der Waals surface area contributed by atoms with Crippen molar-refractivity contribution in [1.29, 1.82) is 0 Å². The standard InChI is InChI=1S/C15H20N2O7S/c1-15(21,14(19)20)8-16-13(18)9-3-6-11(24-2)12(7-9)25(22,23)17-10-4-5-10/h3,6-7,10,17,21H,4-5,8H2,1-2H3,(H,16,18)(H,19,20). The zero-order valence-electron chi connectivity index (χ0n) is 13.8. The van der Waals surface area contributed by atoms with Crippen LogP contribution in [0.2, 0.25) is 0 Å². The van der Waals surface area contributed by atoms with E-state index in [1.54, 1.807) is 0 Å². The highest BCUT2D eigenvalue weighted by Gasteiger charge is 2.32. The van der Waals surface area contributed by atoms with Crippen LogP contribution in [0.15, 0.2) is 23.1 Å². The molecule has 0 radical (unpaired) electrons. The number of carboxylic acid groups (broad SMARTS) is 1. The molecule has 0 bridgehead atoms. The lowest BCUT2D eigenvalue weighted by Crippen LogP contribution is -2.46. The average molecular weight is 372 g/mol. The SMILES string of the molecule is COc1ccc(C(=O)NCC(C)(O)C(=O)O)cc1S(=O)(=O)NC1CC1. The van der Waals surface area contributed by atoms with Crippen LogP contribution in [0.1, 0.15) is 30.1 Å². The molecule has 0 aromatic heterocycles. The predicted octanol–water partition coefficient (Wildman–Crippen LogP) is -0.299. The summed E-state index contributed by atoms with van der Waals surface area (Å²) in [5.41, 5.74) is -2.14. The number of carboxylic acids is 1. The van der Waals surface area contributed by atoms with E-state index in [2.05, 4.69) is 10.0 Å². The number of hydrogen-bond donors (Lipinski definition) is 4. The van der Waals surface area contributed by atoms with E-state index >= 15 is 0 Å². The van der Waals surface area contributed by atoms with Gasteiger partial charge in [0.15, 0.2) is 5.60 Å². The summed E-state index contributed by atoms with van der Waals surface area (Å²) < 4.78 is 32.4. The molecule has 25 heavy (non-hydrogen) atoms. The Labute approximate surface area is 145 Å². The van der Waals surface area contributed by atoms with Crippen molar-refractivity contribution in [2.45, 2.75) is 36.3 Å². The maximum atomic E-state index is 12.4. The Morgan fingerprint density at radius 1 is 1.36 bits per heavy atom. The van der Waals surface area contributed by atoms with Crippen LogP contribution in [0.4, 0.5) is 0 Å². The van der Waals surface area contributed by atoms with E-state index in [0.29, 0.717) is 0 Å². The molecule has 0 heterocycles. The Hall–Kier alpha value is -2.17. The van der Waals surface area contributed by atoms with E-state index in [-0.39, 0.29) is 22.3 Å². The molecule has 1 saturated carbocycles. The van der Waals surface area contributed by atoms with Crippen LogP contribution in [-0.4, -0.2) is 55.8 Å². The summed E-state index contributed by atoms with van der Waals surface area (Å²) in [5.74, 6) is -2.12. The molecule has 0 spiro atoms. The summed E-state index contributed by atoms with van der Waals surface area (Å²) in [5, 5.41) is 20.7. The van der Waals surface area contributed by atoms with Crippen molar-refractivity contribution in [3.05, 3.63) is 23.8 Å². The fraction of sp³-hybridized carbons (Fsp3) is 0.467. The number of aliphatic hydroxyl groups is 1. The lowest BCUT2D eigenvalue weighted by molar-refractivity contribution is -0.155. The second-order valence-corrected chi connectivity index (χ2v) is 7.71. The van der Waals surface area contributed by atoms with Crippen LogP contribution in [0.3, 0.4) is 0 Å². The van der Waals surface area contributed by atoms with Crippen molar-refractivity contribution in [2.75, 3.05) is 13.7 Å². The van der Waals surface area contributed by atoms with Gasteiger partial charge in [-0.15, -0.1) is 0 Å². The van der Waals surface area contributed by atoms with Gasteiger partial charge in [-0.05, 0) is 38.0 Å². The number of nitrogens with one attached hydrogen (secondary N) is 2. The zero-order chi connectivity index (χ0) is 18.8. The highest BCUT2D eigenvalue weighted by Crippen LogP contribution is 2.28. The summed E-state index contributed by atoms with van der Waals surface area (Å²) in [7, 11) is -2.54. The molecule has 1 aromatic rings. The van der Waals surface area contributed by atoms with E-state index in [1.807, 2.05) is 0 Å². The highest BCUT2D eigenvalue weighted by atomic mass is 32.2. The van der Waals surface area contributed by atoms with Gasteiger partial charge in [-0.2, -0.15) is 0 Å². The van der Waals surface area contributed by atoms with Gasteiger partial charge < -0.3 is 20.3 Å². The maximum absolute atomic E-state index is 12.4. The second kappa shape index (κ2) is 6.98. The van der Waals surface area contributed by atoms with Gasteiger partial charge in [0, 0.05) is 11.6 Å². The molecule has 10 heteroatoms. The first kappa shape index (κ1) is 19.2. The predicted molar refractivity (Wildman–Crippen MR) is 86.9 cm³/mol. The quantitative estimate of drug-likeness (QED) is 0.491. The minimum atomic E-state index is -3.85. The highest BCUT2D eigenvalue weighted by molar-refractivity contribution is 7.89. The Bertz CT molecular complexity index is 785. The molecule has 2 rings (SSSR count). The number of aliphatic carboxylic acids is 1. The van der Waals surface area contributed by atoms with E-state index in [4.69, 9.17) is 9.84 Å². The van der Waals surface area contributed by atoms with E-state index < -0.39 is 34.0 Å². The van der Waals surface area contributed by atoms with Gasteiger partial charge >= 0.3 is 5.97 Å². The normalized spacial score (nSPS) is 16.8. The Balaban J connectivity index is 2.23. The molecule has 9 nitrogen and oxygen atoms in total. The van der Waals surface area contributed by atoms with Crippen LogP contribution >= 0.6 is 0 Å². The van der Waals surface area contributed by atoms with Gasteiger partial charge in [-0.25, -0.2) is 17.9 Å². The van der Waals surface area contributed by atoms with E-state index in [0.717, 1.165) is 25.8 Å². The maximum Gasteiger partial charge on any atom is 0.337 e. The van der Waals surface area contributed by atoms with Crippen molar-refractivity contribution < 1.29 is 33.0 Å². The monoisotopic (exact) mass is 372 g/mol. The van der Waals surface area contributed by atoms with Crippen LogP contribution in [0.5, 0.6) is 5.75 Å². The Morgan fingerprint density at radius 3 is 2.52 bits per heavy atom. The van der Waals surface area contributed by atoms with Gasteiger partial charge in [0.25, 0.3) is 5.91 Å². The Kier molecular flexibility index (Phi) is 5.35. The summed E-state index contributed by atoms with van der Waals surface area (Å²) >= 11 is 0. The average Bonchev–Trinajstić information content (AvgIpc) is 3.35. The van der Waals surface area contributed by atoms with Crippen LogP contribution in [0, 0.1) is 0 Å². The molecule has 0 aliphatic heterocycles. The number of sulfonamides is 1. The lowest BCUT2D eigenvalue weighted by Gasteiger charge is -2.18. The first-order valence-corrected chi connectivity index (χ1v) is 8.99. The summed E-state index contributed by atoms with van der Waals surface area (Å²) in [6.07, 6.45) is 1.51. The molecule has 0 saturated heterocycles. The second-order valence-electron chi connectivity index (χ2n) is 6.02. The molecule has 1 amide bonds. The van der Waals surface area contributed by atoms with Gasteiger partial charge in [-0.3, -0.25) is 4.79 Å². The fourth-order valence-electron chi connectivity index (χ4n) is 1.94. The number of amides is 1. The lowest BCUT2D eigenvalue weighted by atomic mass is 10.1. The van der Waals surface area contributed by atoms with Crippen molar-refractivity contribution in [1.82, 2.24) is 10.0 Å². The van der Waals surface area contributed by atoms with Gasteiger partial charge in [0.05, 0.1) is 13.7 Å². The smallest absolute Gasteiger partial charge is 0.337 e. The number of carbonyl (C=O) groups is 2. The largest absolute Gasteiger partial charge is 0.495 e. The Morgan fingerprint density at radius 2 is 2.00 bits per heavy atom. The van der Waals surface area contributed by atoms with E-state index in [1.165, 1.54) is 19.2 Å². The van der Waals surface area contributed by atoms with Crippen molar-refractivity contribution in [3.63, 3.8) is 0 Å². The topological polar surface area (TPSA) is 142 Å². The summed E-state index contributed by atoms with van der Waals surface area (Å²) in [6.45, 7) is 0.509. The number of rotatable bonds is 8. The van der Waals surface area contributed by atoms with Crippen molar-refractivity contribution in [3.8, 4) is 5.75 Å². The first-order valence-electron chi connectivity index (χ1n) is 7.51. The number of hydrogen-bond acceptors (Lipinski definition) is 6. The van der Waals surface area contributed by atoms with Crippen LogP contribution < -0.4 is 14.8 Å². The van der Waals surface area contributed by atoms with Crippen molar-refractivity contribution >= 4 is 21.9 Å². The minimum absolute atomic E-state index is 0.00170. The minimum Gasteiger partial charge on any atom is -0.495 e. The molecule has 1 aromatic carbocycles.